The van der Waals surface area contributed by atoms with Crippen LogP contribution >= 0.6 is 22.9 Å². The lowest BCUT2D eigenvalue weighted by molar-refractivity contribution is 0.0933. The zero-order valence-corrected chi connectivity index (χ0v) is 14.3. The van der Waals surface area contributed by atoms with E-state index in [0.29, 0.717) is 15.7 Å². The molecule has 0 radical (unpaired) electrons. The minimum atomic E-state index is -0.583. The summed E-state index contributed by atoms with van der Waals surface area (Å²) < 4.78 is 0. The standard InChI is InChI=1S/C16H12ClN5O2S/c17-11-1-3-12(4-2-11)19-16(24)22-21-14(23)13-9-25-15(20-13)10-5-7-18-8-6-10/h1-9H,(H,21,23)(H2,19,22,24). The Labute approximate surface area is 152 Å². The van der Waals surface area contributed by atoms with Crippen LogP contribution in [0.1, 0.15) is 10.5 Å². The van der Waals surface area contributed by atoms with E-state index in [9.17, 15) is 9.59 Å². The number of amides is 3. The molecule has 7 nitrogen and oxygen atoms in total. The van der Waals surface area contributed by atoms with Crippen LogP contribution in [0.4, 0.5) is 10.5 Å². The summed E-state index contributed by atoms with van der Waals surface area (Å²) in [7, 11) is 0. The second-order valence-electron chi connectivity index (χ2n) is 4.81. The number of rotatable bonds is 3. The molecule has 3 N–H and O–H groups in total. The molecule has 1 aromatic carbocycles. The summed E-state index contributed by atoms with van der Waals surface area (Å²) in [6.45, 7) is 0. The first kappa shape index (κ1) is 16.9. The molecule has 3 aromatic rings. The van der Waals surface area contributed by atoms with Crippen molar-refractivity contribution in [2.45, 2.75) is 0 Å². The molecule has 2 aromatic heterocycles. The highest BCUT2D eigenvalue weighted by molar-refractivity contribution is 7.13. The fourth-order valence-corrected chi connectivity index (χ4v) is 2.81. The Morgan fingerprint density at radius 1 is 1.00 bits per heavy atom. The number of nitrogens with zero attached hydrogens (tertiary/aromatic N) is 2. The quantitative estimate of drug-likeness (QED) is 0.613. The minimum Gasteiger partial charge on any atom is -0.307 e. The summed E-state index contributed by atoms with van der Waals surface area (Å²) >= 11 is 7.10. The van der Waals surface area contributed by atoms with E-state index in [4.69, 9.17) is 11.6 Å². The zero-order chi connectivity index (χ0) is 17.6. The van der Waals surface area contributed by atoms with Gasteiger partial charge in [-0.15, -0.1) is 11.3 Å². The summed E-state index contributed by atoms with van der Waals surface area (Å²) in [5.74, 6) is -0.511. The molecule has 25 heavy (non-hydrogen) atoms. The lowest BCUT2D eigenvalue weighted by Gasteiger charge is -2.08. The monoisotopic (exact) mass is 373 g/mol. The number of carbonyl (C=O) groups excluding carboxylic acids is 2. The van der Waals surface area contributed by atoms with Gasteiger partial charge in [0.1, 0.15) is 10.7 Å². The molecule has 3 amide bonds. The highest BCUT2D eigenvalue weighted by Crippen LogP contribution is 2.22. The van der Waals surface area contributed by atoms with Crippen LogP contribution in [0.15, 0.2) is 54.2 Å². The Morgan fingerprint density at radius 3 is 2.44 bits per heavy atom. The Bertz CT molecular complexity index is 883. The van der Waals surface area contributed by atoms with Gasteiger partial charge >= 0.3 is 6.03 Å². The van der Waals surface area contributed by atoms with Crippen LogP contribution in [0.3, 0.4) is 0 Å². The van der Waals surface area contributed by atoms with Crippen molar-refractivity contribution in [3.8, 4) is 10.6 Å². The molecule has 0 atom stereocenters. The molecule has 3 rings (SSSR count). The molecule has 2 heterocycles. The molecule has 0 saturated carbocycles. The third-order valence-electron chi connectivity index (χ3n) is 3.06. The Hall–Kier alpha value is -2.97. The molecule has 0 unspecified atom stereocenters. The molecule has 0 fully saturated rings. The van der Waals surface area contributed by atoms with E-state index in [2.05, 4.69) is 26.1 Å². The molecule has 0 aliphatic carbocycles. The van der Waals surface area contributed by atoms with Gasteiger partial charge in [-0.25, -0.2) is 15.2 Å². The average Bonchev–Trinajstić information content (AvgIpc) is 3.13. The summed E-state index contributed by atoms with van der Waals surface area (Å²) in [6, 6.07) is 9.60. The summed E-state index contributed by atoms with van der Waals surface area (Å²) in [4.78, 5) is 32.0. The molecule has 126 valence electrons. The van der Waals surface area contributed by atoms with E-state index in [1.54, 1.807) is 54.2 Å². The maximum absolute atomic E-state index is 12.1. The van der Waals surface area contributed by atoms with Crippen molar-refractivity contribution in [3.05, 3.63) is 64.9 Å². The highest BCUT2D eigenvalue weighted by Gasteiger charge is 2.12. The van der Waals surface area contributed by atoms with E-state index in [0.717, 1.165) is 5.56 Å². The second-order valence-corrected chi connectivity index (χ2v) is 6.11. The molecule has 0 aliphatic rings. The largest absolute Gasteiger partial charge is 0.337 e. The van der Waals surface area contributed by atoms with Gasteiger partial charge in [-0.3, -0.25) is 15.2 Å². The third kappa shape index (κ3) is 4.52. The van der Waals surface area contributed by atoms with E-state index < -0.39 is 11.9 Å². The van der Waals surface area contributed by atoms with Gasteiger partial charge < -0.3 is 5.32 Å². The van der Waals surface area contributed by atoms with Crippen LogP contribution < -0.4 is 16.2 Å². The lowest BCUT2D eigenvalue weighted by atomic mass is 10.3. The van der Waals surface area contributed by atoms with Gasteiger partial charge in [-0.2, -0.15) is 0 Å². The van der Waals surface area contributed by atoms with Gasteiger partial charge in [0.25, 0.3) is 5.91 Å². The van der Waals surface area contributed by atoms with Gasteiger partial charge in [0.15, 0.2) is 0 Å². The predicted octanol–water partition coefficient (Wildman–Crippen LogP) is 3.33. The number of hydrogen-bond donors (Lipinski definition) is 3. The Morgan fingerprint density at radius 2 is 1.72 bits per heavy atom. The first-order chi connectivity index (χ1) is 12.1. The maximum atomic E-state index is 12.1. The maximum Gasteiger partial charge on any atom is 0.337 e. The molecular formula is C16H12ClN5O2S. The predicted molar refractivity (Wildman–Crippen MR) is 96.4 cm³/mol. The normalized spacial score (nSPS) is 10.1. The van der Waals surface area contributed by atoms with Crippen LogP contribution in [-0.4, -0.2) is 21.9 Å². The average molecular weight is 374 g/mol. The number of hydrazine groups is 1. The fraction of sp³-hybridized carbons (Fsp3) is 0. The Kier molecular flexibility index (Phi) is 5.22. The van der Waals surface area contributed by atoms with Crippen molar-refractivity contribution < 1.29 is 9.59 Å². The van der Waals surface area contributed by atoms with Crippen molar-refractivity contribution in [1.29, 1.82) is 0 Å². The van der Waals surface area contributed by atoms with E-state index >= 15 is 0 Å². The van der Waals surface area contributed by atoms with Crippen LogP contribution in [0, 0.1) is 0 Å². The van der Waals surface area contributed by atoms with E-state index in [1.807, 2.05) is 0 Å². The van der Waals surface area contributed by atoms with Crippen LogP contribution in [0.2, 0.25) is 5.02 Å². The number of aromatic nitrogens is 2. The number of urea groups is 1. The van der Waals surface area contributed by atoms with Gasteiger partial charge in [0.2, 0.25) is 0 Å². The van der Waals surface area contributed by atoms with Crippen LogP contribution in [0.25, 0.3) is 10.6 Å². The van der Waals surface area contributed by atoms with Crippen molar-refractivity contribution in [2.24, 2.45) is 0 Å². The fourth-order valence-electron chi connectivity index (χ4n) is 1.88. The summed E-state index contributed by atoms with van der Waals surface area (Å²) in [6.07, 6.45) is 3.30. The van der Waals surface area contributed by atoms with Gasteiger partial charge in [-0.05, 0) is 36.4 Å². The van der Waals surface area contributed by atoms with Gasteiger partial charge in [0, 0.05) is 34.0 Å². The number of pyridine rings is 1. The topological polar surface area (TPSA) is 96.0 Å². The van der Waals surface area contributed by atoms with E-state index in [1.165, 1.54) is 11.3 Å². The number of carbonyl (C=O) groups is 2. The molecule has 9 heteroatoms. The first-order valence-corrected chi connectivity index (χ1v) is 8.36. The SMILES string of the molecule is O=C(NNC(=O)c1csc(-c2ccncc2)n1)Nc1ccc(Cl)cc1. The number of halogens is 1. The zero-order valence-electron chi connectivity index (χ0n) is 12.7. The number of benzene rings is 1. The summed E-state index contributed by atoms with van der Waals surface area (Å²) in [5, 5.41) is 5.43. The number of thiazole rings is 1. The molecule has 0 spiro atoms. The second kappa shape index (κ2) is 7.73. The van der Waals surface area contributed by atoms with Crippen LogP contribution in [-0.2, 0) is 0 Å². The van der Waals surface area contributed by atoms with Gasteiger partial charge in [0.05, 0.1) is 0 Å². The number of nitrogens with one attached hydrogen (secondary N) is 3. The number of anilines is 1. The van der Waals surface area contributed by atoms with Crippen molar-refractivity contribution in [1.82, 2.24) is 20.8 Å². The molecule has 0 saturated heterocycles. The van der Waals surface area contributed by atoms with Crippen LogP contribution in [0.5, 0.6) is 0 Å². The van der Waals surface area contributed by atoms with Gasteiger partial charge in [-0.1, -0.05) is 11.6 Å². The highest BCUT2D eigenvalue weighted by atomic mass is 35.5. The van der Waals surface area contributed by atoms with E-state index in [-0.39, 0.29) is 5.69 Å². The van der Waals surface area contributed by atoms with Crippen molar-refractivity contribution in [2.75, 3.05) is 5.32 Å². The Balaban J connectivity index is 1.55. The molecule has 0 bridgehead atoms. The summed E-state index contributed by atoms with van der Waals surface area (Å²) in [5.41, 5.74) is 6.19. The van der Waals surface area contributed by atoms with Crippen molar-refractivity contribution in [3.63, 3.8) is 0 Å². The lowest BCUT2D eigenvalue weighted by Crippen LogP contribution is -2.44. The minimum absolute atomic E-state index is 0.212. The van der Waals surface area contributed by atoms with Crippen molar-refractivity contribution >= 4 is 40.6 Å². The molecule has 0 aliphatic heterocycles. The first-order valence-electron chi connectivity index (χ1n) is 7.10. The molecular weight excluding hydrogens is 362 g/mol. The smallest absolute Gasteiger partial charge is 0.307 e. The third-order valence-corrected chi connectivity index (χ3v) is 4.20. The number of hydrogen-bond acceptors (Lipinski definition) is 5.